The van der Waals surface area contributed by atoms with Crippen LogP contribution in [0.1, 0.15) is 0 Å². The molecule has 6 N–H and O–H groups in total. The molecule has 0 aliphatic rings. The van der Waals surface area contributed by atoms with Crippen molar-refractivity contribution in [2.24, 2.45) is 11.5 Å². The third kappa shape index (κ3) is 35.4. The summed E-state index contributed by atoms with van der Waals surface area (Å²) in [6, 6.07) is 0. The molecule has 8 nitrogen and oxygen atoms in total. The number of nitrogens with two attached hydrogens (primary N) is 3. The van der Waals surface area contributed by atoms with Crippen molar-refractivity contribution in [1.29, 1.82) is 0 Å². The molecule has 1 amide bonds. The van der Waals surface area contributed by atoms with Crippen LogP contribution in [-0.4, -0.2) is 17.0 Å². The second kappa shape index (κ2) is 5.28. The molecular formula is C2H6N4O4. The summed E-state index contributed by atoms with van der Waals surface area (Å²) in [4.78, 5) is 16.2. The van der Waals surface area contributed by atoms with Crippen molar-refractivity contribution < 1.29 is 20.2 Å². The number of carbonyl (C=O) groups is 1. The molecule has 0 aliphatic heterocycles. The number of hydrogen-bond acceptors (Lipinski definition) is 4. The Morgan fingerprint density at radius 2 is 1.60 bits per heavy atom. The zero-order valence-electron chi connectivity index (χ0n) is 4.81. The van der Waals surface area contributed by atoms with Crippen LogP contribution in [0.3, 0.4) is 0 Å². The zero-order valence-corrected chi connectivity index (χ0v) is 4.81. The van der Waals surface area contributed by atoms with Crippen LogP contribution in [0.15, 0.2) is 0 Å². The molecule has 8 heteroatoms. The van der Waals surface area contributed by atoms with Gasteiger partial charge in [0.25, 0.3) is 0 Å². The van der Waals surface area contributed by atoms with Gasteiger partial charge in [-0.2, -0.15) is 0 Å². The summed E-state index contributed by atoms with van der Waals surface area (Å²) in [6.45, 7) is 0. The second-order valence-corrected chi connectivity index (χ2v) is 1.02. The third-order valence-electron chi connectivity index (χ3n) is 0.149. The Kier molecular flexibility index (Phi) is 5.81. The molecule has 0 saturated heterocycles. The van der Waals surface area contributed by atoms with Gasteiger partial charge in [-0.1, -0.05) is 0 Å². The van der Waals surface area contributed by atoms with Crippen LogP contribution in [0.5, 0.6) is 0 Å². The largest absolute Gasteiger partial charge is 0.486 e. The van der Waals surface area contributed by atoms with Crippen LogP contribution >= 0.6 is 0 Å². The van der Waals surface area contributed by atoms with Crippen molar-refractivity contribution in [1.82, 2.24) is 0 Å². The SMILES string of the molecule is NC(N)=[NH2+].O=C([O-])[N+](=O)[O-]. The van der Waals surface area contributed by atoms with Gasteiger partial charge in [0.2, 0.25) is 0 Å². The van der Waals surface area contributed by atoms with E-state index in [2.05, 4.69) is 16.9 Å². The van der Waals surface area contributed by atoms with E-state index in [9.17, 15) is 0 Å². The van der Waals surface area contributed by atoms with E-state index in [-0.39, 0.29) is 5.96 Å². The molecule has 0 heterocycles. The number of nitrogens with zero attached hydrogens (tertiary/aromatic N) is 1. The summed E-state index contributed by atoms with van der Waals surface area (Å²) in [5.41, 5.74) is 9.17. The van der Waals surface area contributed by atoms with Gasteiger partial charge in [0, 0.05) is 0 Å². The van der Waals surface area contributed by atoms with E-state index in [4.69, 9.17) is 20.0 Å². The van der Waals surface area contributed by atoms with Gasteiger partial charge >= 0.3 is 12.1 Å². The predicted molar refractivity (Wildman–Crippen MR) is 27.7 cm³/mol. The first-order valence-corrected chi connectivity index (χ1v) is 1.86. The smallest absolute Gasteiger partial charge is 0.401 e. The number of carboxylic acid groups (broad SMARTS) is 1. The molecule has 0 aromatic heterocycles. The van der Waals surface area contributed by atoms with E-state index in [0.717, 1.165) is 0 Å². The van der Waals surface area contributed by atoms with E-state index < -0.39 is 11.0 Å². The Hall–Kier alpha value is -1.86. The summed E-state index contributed by atoms with van der Waals surface area (Å²) < 4.78 is 0. The molecule has 0 bridgehead atoms. The fourth-order valence-corrected chi connectivity index (χ4v) is 0. The summed E-state index contributed by atoms with van der Waals surface area (Å²) in [7, 11) is 0. The van der Waals surface area contributed by atoms with Gasteiger partial charge < -0.3 is 9.90 Å². The second-order valence-electron chi connectivity index (χ2n) is 1.02. The van der Waals surface area contributed by atoms with Crippen LogP contribution in [0.4, 0.5) is 4.79 Å². The number of amides is 1. The number of rotatable bonds is 0. The molecule has 10 heavy (non-hydrogen) atoms. The summed E-state index contributed by atoms with van der Waals surface area (Å²) in [5.74, 6) is -0.0833. The van der Waals surface area contributed by atoms with Crippen molar-refractivity contribution >= 4 is 12.1 Å². The lowest BCUT2D eigenvalue weighted by Crippen LogP contribution is -2.51. The fraction of sp³-hybridized carbons (Fsp3) is 0. The lowest BCUT2D eigenvalue weighted by Gasteiger charge is -1.81. The maximum absolute atomic E-state index is 8.89. The number of hydrogen-bond donors (Lipinski definition) is 3. The van der Waals surface area contributed by atoms with Crippen LogP contribution in [-0.2, 0) is 0 Å². The van der Waals surface area contributed by atoms with E-state index >= 15 is 0 Å². The number of carbonyl (C=O) groups excluding carboxylic acids is 1. The Morgan fingerprint density at radius 1 is 1.50 bits per heavy atom. The molecule has 0 aliphatic carbocycles. The van der Waals surface area contributed by atoms with E-state index in [1.54, 1.807) is 0 Å². The van der Waals surface area contributed by atoms with Crippen LogP contribution < -0.4 is 22.0 Å². The first-order chi connectivity index (χ1) is 4.37. The van der Waals surface area contributed by atoms with Crippen molar-refractivity contribution in [3.05, 3.63) is 10.1 Å². The van der Waals surface area contributed by atoms with E-state index in [1.165, 1.54) is 0 Å². The molecular weight excluding hydrogens is 144 g/mol. The van der Waals surface area contributed by atoms with Gasteiger partial charge in [-0.25, -0.2) is 0 Å². The standard InChI is InChI=1S/CH5N3.CHNO4/c2-1(3)4;3-1(4)2(5)6/h(H5,2,3,4);(H,3,4). The van der Waals surface area contributed by atoms with Gasteiger partial charge in [-0.3, -0.25) is 27.0 Å². The topological polar surface area (TPSA) is 161 Å². The van der Waals surface area contributed by atoms with Gasteiger partial charge in [-0.05, 0) is 0 Å². The summed E-state index contributed by atoms with van der Waals surface area (Å²) in [5, 5.41) is 22.3. The maximum atomic E-state index is 8.89. The Bertz CT molecular complexity index is 137. The van der Waals surface area contributed by atoms with Crippen molar-refractivity contribution in [3.8, 4) is 0 Å². The highest BCUT2D eigenvalue weighted by atomic mass is 16.7. The van der Waals surface area contributed by atoms with Crippen LogP contribution in [0.25, 0.3) is 0 Å². The van der Waals surface area contributed by atoms with Gasteiger partial charge in [0.1, 0.15) is 0 Å². The fourth-order valence-electron chi connectivity index (χ4n) is 0. The molecule has 0 spiro atoms. The maximum Gasteiger partial charge on any atom is 0.401 e. The highest BCUT2D eigenvalue weighted by Gasteiger charge is 1.91. The average molecular weight is 150 g/mol. The Morgan fingerprint density at radius 3 is 1.60 bits per heavy atom. The quantitative estimate of drug-likeness (QED) is 0.137. The lowest BCUT2D eigenvalue weighted by molar-refractivity contribution is -0.481. The van der Waals surface area contributed by atoms with Gasteiger partial charge in [0.15, 0.2) is 0 Å². The monoisotopic (exact) mass is 150 g/mol. The highest BCUT2D eigenvalue weighted by Crippen LogP contribution is 1.58. The van der Waals surface area contributed by atoms with Crippen molar-refractivity contribution in [2.75, 3.05) is 0 Å². The molecule has 0 fully saturated rings. The van der Waals surface area contributed by atoms with E-state index in [1.807, 2.05) is 0 Å². The third-order valence-corrected chi connectivity index (χ3v) is 0.149. The molecule has 58 valence electrons. The minimum atomic E-state index is -2.27. The first-order valence-electron chi connectivity index (χ1n) is 1.86. The number of nitro groups is 1. The summed E-state index contributed by atoms with van der Waals surface area (Å²) in [6.07, 6.45) is -2.27. The molecule has 0 atom stereocenters. The first kappa shape index (κ1) is 11.0. The van der Waals surface area contributed by atoms with E-state index in [0.29, 0.717) is 0 Å². The number of guanidine groups is 1. The molecule has 0 aromatic carbocycles. The van der Waals surface area contributed by atoms with Crippen molar-refractivity contribution in [2.45, 2.75) is 0 Å². The minimum Gasteiger partial charge on any atom is -0.486 e. The minimum absolute atomic E-state index is 0.0833. The molecule has 0 aromatic rings. The van der Waals surface area contributed by atoms with Gasteiger partial charge in [0.05, 0.1) is 4.92 Å². The lowest BCUT2D eigenvalue weighted by atomic mass is 11.1. The molecule has 0 radical (unpaired) electrons. The molecule has 0 rings (SSSR count). The van der Waals surface area contributed by atoms with Crippen LogP contribution in [0, 0.1) is 10.1 Å². The summed E-state index contributed by atoms with van der Waals surface area (Å²) >= 11 is 0. The van der Waals surface area contributed by atoms with Gasteiger partial charge in [-0.15, -0.1) is 0 Å². The molecule has 0 unspecified atom stereocenters. The average Bonchev–Trinajstić information content (AvgIpc) is 1.63. The normalized spacial score (nSPS) is 6.80. The zero-order chi connectivity index (χ0) is 8.73. The Balaban J connectivity index is 0. The Labute approximate surface area is 55.1 Å². The predicted octanol–water partition coefficient (Wildman–Crippen LogP) is -4.37. The van der Waals surface area contributed by atoms with Crippen molar-refractivity contribution in [3.63, 3.8) is 0 Å². The van der Waals surface area contributed by atoms with Crippen LogP contribution in [0.2, 0.25) is 0 Å². The highest BCUT2D eigenvalue weighted by molar-refractivity contribution is 5.68. The molecule has 0 saturated carbocycles.